The number of esters is 1. The van der Waals surface area contributed by atoms with Crippen molar-refractivity contribution in [2.45, 2.75) is 52.9 Å². The van der Waals surface area contributed by atoms with Crippen molar-refractivity contribution in [3.63, 3.8) is 0 Å². The summed E-state index contributed by atoms with van der Waals surface area (Å²) in [7, 11) is 0. The molecule has 0 aromatic carbocycles. The molecule has 0 aliphatic heterocycles. The Morgan fingerprint density at radius 1 is 1.38 bits per heavy atom. The van der Waals surface area contributed by atoms with Crippen molar-refractivity contribution in [3.05, 3.63) is 0 Å². The summed E-state index contributed by atoms with van der Waals surface area (Å²) in [6.07, 6.45) is 4.82. The lowest BCUT2D eigenvalue weighted by atomic mass is 10.0. The van der Waals surface area contributed by atoms with Crippen molar-refractivity contribution in [1.29, 1.82) is 0 Å². The zero-order valence-electron chi connectivity index (χ0n) is 9.14. The van der Waals surface area contributed by atoms with Crippen LogP contribution in [0.3, 0.4) is 0 Å². The highest BCUT2D eigenvalue weighted by Crippen LogP contribution is 2.09. The Morgan fingerprint density at radius 3 is 2.62 bits per heavy atom. The molecule has 0 heterocycles. The molecule has 0 saturated carbocycles. The zero-order valence-corrected chi connectivity index (χ0v) is 9.14. The van der Waals surface area contributed by atoms with E-state index in [0.717, 1.165) is 25.2 Å². The van der Waals surface area contributed by atoms with Crippen LogP contribution < -0.4 is 0 Å². The highest BCUT2D eigenvalue weighted by Gasteiger charge is 2.01. The van der Waals surface area contributed by atoms with Gasteiger partial charge in [-0.3, -0.25) is 4.79 Å². The highest BCUT2D eigenvalue weighted by atomic mass is 16.5. The predicted molar refractivity (Wildman–Crippen MR) is 54.6 cm³/mol. The summed E-state index contributed by atoms with van der Waals surface area (Å²) in [5.41, 5.74) is 0. The van der Waals surface area contributed by atoms with Crippen LogP contribution in [0.5, 0.6) is 0 Å². The average Bonchev–Trinajstić information content (AvgIpc) is 2.12. The number of hydrogen-bond acceptors (Lipinski definition) is 2. The largest absolute Gasteiger partial charge is 0.466 e. The van der Waals surface area contributed by atoms with E-state index in [-0.39, 0.29) is 5.97 Å². The molecule has 1 unspecified atom stereocenters. The van der Waals surface area contributed by atoms with Crippen LogP contribution in [0.2, 0.25) is 0 Å². The van der Waals surface area contributed by atoms with Crippen molar-refractivity contribution < 1.29 is 9.53 Å². The summed E-state index contributed by atoms with van der Waals surface area (Å²) in [5, 5.41) is 0. The van der Waals surface area contributed by atoms with Gasteiger partial charge in [-0.05, 0) is 25.2 Å². The minimum atomic E-state index is -0.0494. The molecule has 0 amide bonds. The summed E-state index contributed by atoms with van der Waals surface area (Å²) in [4.78, 5) is 10.9. The van der Waals surface area contributed by atoms with Gasteiger partial charge >= 0.3 is 5.97 Å². The molecule has 0 aliphatic rings. The minimum absolute atomic E-state index is 0.0494. The summed E-state index contributed by atoms with van der Waals surface area (Å²) in [5.74, 6) is 0.705. The highest BCUT2D eigenvalue weighted by molar-refractivity contribution is 5.69. The first-order valence-corrected chi connectivity index (χ1v) is 5.36. The van der Waals surface area contributed by atoms with Crippen molar-refractivity contribution in [2.75, 3.05) is 6.61 Å². The van der Waals surface area contributed by atoms with Gasteiger partial charge in [-0.1, -0.05) is 27.2 Å². The SMILES string of the molecule is CCCC(=O)OCCCC(C)CC. The predicted octanol–water partition coefficient (Wildman–Crippen LogP) is 3.16. The van der Waals surface area contributed by atoms with Crippen molar-refractivity contribution >= 4 is 5.97 Å². The molecular weight excluding hydrogens is 164 g/mol. The van der Waals surface area contributed by atoms with Gasteiger partial charge in [0.1, 0.15) is 0 Å². The molecule has 0 aromatic rings. The third-order valence-electron chi connectivity index (χ3n) is 2.26. The normalized spacial score (nSPS) is 12.5. The third-order valence-corrected chi connectivity index (χ3v) is 2.26. The van der Waals surface area contributed by atoms with Gasteiger partial charge in [0.15, 0.2) is 0 Å². The molecule has 78 valence electrons. The van der Waals surface area contributed by atoms with Crippen LogP contribution in [-0.4, -0.2) is 12.6 Å². The van der Waals surface area contributed by atoms with Crippen LogP contribution in [0, 0.1) is 5.92 Å². The Kier molecular flexibility index (Phi) is 7.76. The fourth-order valence-corrected chi connectivity index (χ4v) is 1.10. The molecule has 0 rings (SSSR count). The van der Waals surface area contributed by atoms with Crippen LogP contribution in [0.15, 0.2) is 0 Å². The molecule has 0 bridgehead atoms. The van der Waals surface area contributed by atoms with Crippen molar-refractivity contribution in [2.24, 2.45) is 5.92 Å². The van der Waals surface area contributed by atoms with Crippen LogP contribution in [0.4, 0.5) is 0 Å². The fraction of sp³-hybridized carbons (Fsp3) is 0.909. The number of rotatable bonds is 7. The van der Waals surface area contributed by atoms with E-state index < -0.39 is 0 Å². The maximum Gasteiger partial charge on any atom is 0.305 e. The molecule has 2 nitrogen and oxygen atoms in total. The molecule has 0 spiro atoms. The number of carbonyl (C=O) groups is 1. The van der Waals surface area contributed by atoms with Gasteiger partial charge in [0.2, 0.25) is 0 Å². The van der Waals surface area contributed by atoms with E-state index in [0.29, 0.717) is 13.0 Å². The van der Waals surface area contributed by atoms with Gasteiger partial charge in [-0.2, -0.15) is 0 Å². The van der Waals surface area contributed by atoms with Gasteiger partial charge in [0.25, 0.3) is 0 Å². The molecule has 0 N–H and O–H groups in total. The van der Waals surface area contributed by atoms with Crippen LogP contribution in [0.25, 0.3) is 0 Å². The lowest BCUT2D eigenvalue weighted by Crippen LogP contribution is -2.06. The molecular formula is C11H22O2. The van der Waals surface area contributed by atoms with Gasteiger partial charge in [-0.25, -0.2) is 0 Å². The first-order valence-electron chi connectivity index (χ1n) is 5.36. The Hall–Kier alpha value is -0.530. The van der Waals surface area contributed by atoms with E-state index in [1.165, 1.54) is 6.42 Å². The first-order chi connectivity index (χ1) is 6.20. The van der Waals surface area contributed by atoms with E-state index in [2.05, 4.69) is 13.8 Å². The second-order valence-corrected chi connectivity index (χ2v) is 3.63. The van der Waals surface area contributed by atoms with E-state index in [1.807, 2.05) is 6.92 Å². The number of hydrogen-bond donors (Lipinski definition) is 0. The maximum atomic E-state index is 10.9. The van der Waals surface area contributed by atoms with Crippen molar-refractivity contribution in [1.82, 2.24) is 0 Å². The lowest BCUT2D eigenvalue weighted by Gasteiger charge is -2.08. The fourth-order valence-electron chi connectivity index (χ4n) is 1.10. The molecule has 0 radical (unpaired) electrons. The third kappa shape index (κ3) is 7.82. The topological polar surface area (TPSA) is 26.3 Å². The molecule has 13 heavy (non-hydrogen) atoms. The van der Waals surface area contributed by atoms with Gasteiger partial charge in [0.05, 0.1) is 6.61 Å². The monoisotopic (exact) mass is 186 g/mol. The minimum Gasteiger partial charge on any atom is -0.466 e. The summed E-state index contributed by atoms with van der Waals surface area (Å²) < 4.78 is 5.04. The summed E-state index contributed by atoms with van der Waals surface area (Å²) >= 11 is 0. The molecule has 0 fully saturated rings. The van der Waals surface area contributed by atoms with Crippen molar-refractivity contribution in [3.8, 4) is 0 Å². The Bertz CT molecular complexity index is 132. The van der Waals surface area contributed by atoms with Gasteiger partial charge in [-0.15, -0.1) is 0 Å². The van der Waals surface area contributed by atoms with E-state index in [9.17, 15) is 4.79 Å². The van der Waals surface area contributed by atoms with Crippen LogP contribution in [0.1, 0.15) is 52.9 Å². The lowest BCUT2D eigenvalue weighted by molar-refractivity contribution is -0.143. The van der Waals surface area contributed by atoms with Gasteiger partial charge < -0.3 is 4.74 Å². The molecule has 1 atom stereocenters. The Balaban J connectivity index is 3.20. The van der Waals surface area contributed by atoms with E-state index in [4.69, 9.17) is 4.74 Å². The Morgan fingerprint density at radius 2 is 2.08 bits per heavy atom. The van der Waals surface area contributed by atoms with E-state index in [1.54, 1.807) is 0 Å². The first kappa shape index (κ1) is 12.5. The summed E-state index contributed by atoms with van der Waals surface area (Å²) in [6.45, 7) is 7.01. The second-order valence-electron chi connectivity index (χ2n) is 3.63. The molecule has 0 aliphatic carbocycles. The maximum absolute atomic E-state index is 10.9. The Labute approximate surface area is 81.7 Å². The van der Waals surface area contributed by atoms with Gasteiger partial charge in [0, 0.05) is 6.42 Å². The molecule has 0 saturated heterocycles. The molecule has 2 heteroatoms. The van der Waals surface area contributed by atoms with Crippen LogP contribution >= 0.6 is 0 Å². The van der Waals surface area contributed by atoms with Crippen LogP contribution in [-0.2, 0) is 9.53 Å². The number of ether oxygens (including phenoxy) is 1. The summed E-state index contributed by atoms with van der Waals surface area (Å²) in [6, 6.07) is 0. The quantitative estimate of drug-likeness (QED) is 0.451. The average molecular weight is 186 g/mol. The zero-order chi connectivity index (χ0) is 10.1. The standard InChI is InChI=1S/C11H22O2/c1-4-7-11(12)13-9-6-8-10(3)5-2/h10H,4-9H2,1-3H3. The smallest absolute Gasteiger partial charge is 0.305 e. The number of carbonyl (C=O) groups excluding carboxylic acids is 1. The second kappa shape index (κ2) is 8.09. The molecule has 0 aromatic heterocycles. The van der Waals surface area contributed by atoms with E-state index >= 15 is 0 Å².